The Morgan fingerprint density at radius 1 is 0.955 bits per heavy atom. The van der Waals surface area contributed by atoms with Crippen LogP contribution >= 0.6 is 11.8 Å². The fourth-order valence-corrected chi connectivity index (χ4v) is 7.19. The largest absolute Gasteiger partial charge is 0.495 e. The number of hydrogen-bond acceptors (Lipinski definition) is 8. The normalized spacial score (nSPS) is 13.8. The Morgan fingerprint density at radius 2 is 1.70 bits per heavy atom. The molecule has 0 radical (unpaired) electrons. The van der Waals surface area contributed by atoms with Crippen LogP contribution in [-0.4, -0.2) is 65.3 Å². The summed E-state index contributed by atoms with van der Waals surface area (Å²) in [5.74, 6) is 0.481. The van der Waals surface area contributed by atoms with Crippen LogP contribution in [0.3, 0.4) is 0 Å². The molecule has 2 amide bonds. The van der Waals surface area contributed by atoms with Gasteiger partial charge in [-0.2, -0.15) is 4.31 Å². The molecule has 3 aromatic carbocycles. The number of nitrogens with zero attached hydrogens (tertiary/aromatic N) is 4. The maximum absolute atomic E-state index is 13.1. The van der Waals surface area contributed by atoms with Crippen LogP contribution in [0.15, 0.2) is 82.8 Å². The zero-order valence-corrected chi connectivity index (χ0v) is 26.2. The molecule has 1 aromatic heterocycles. The second kappa shape index (κ2) is 14.1. The number of nitrogens with one attached hydrogen (secondary N) is 2. The summed E-state index contributed by atoms with van der Waals surface area (Å²) in [6.45, 7) is 2.99. The Morgan fingerprint density at radius 3 is 2.43 bits per heavy atom. The first-order chi connectivity index (χ1) is 21.3. The molecule has 11 nitrogen and oxygen atoms in total. The molecule has 1 aliphatic rings. The third kappa shape index (κ3) is 7.29. The summed E-state index contributed by atoms with van der Waals surface area (Å²) in [6, 6.07) is 20.8. The van der Waals surface area contributed by atoms with Crippen molar-refractivity contribution in [3.05, 3.63) is 89.7 Å². The number of amides is 2. The van der Waals surface area contributed by atoms with E-state index in [0.717, 1.165) is 24.8 Å². The predicted octanol–water partition coefficient (Wildman–Crippen LogP) is 4.42. The number of carbonyl (C=O) groups excluding carboxylic acids is 2. The van der Waals surface area contributed by atoms with Crippen molar-refractivity contribution in [2.24, 2.45) is 0 Å². The van der Waals surface area contributed by atoms with Gasteiger partial charge in [-0.25, -0.2) is 8.42 Å². The van der Waals surface area contributed by atoms with Gasteiger partial charge in [0, 0.05) is 24.3 Å². The molecule has 0 atom stereocenters. The van der Waals surface area contributed by atoms with E-state index in [0.29, 0.717) is 46.8 Å². The molecule has 0 unspecified atom stereocenters. The summed E-state index contributed by atoms with van der Waals surface area (Å²) in [7, 11) is -2.04. The Bertz CT molecular complexity index is 1730. The average molecular weight is 635 g/mol. The zero-order valence-electron chi connectivity index (χ0n) is 24.5. The summed E-state index contributed by atoms with van der Waals surface area (Å²) in [5.41, 5.74) is 2.71. The van der Waals surface area contributed by atoms with Gasteiger partial charge in [-0.1, -0.05) is 42.4 Å². The van der Waals surface area contributed by atoms with Crippen LogP contribution in [0.4, 0.5) is 5.69 Å². The van der Waals surface area contributed by atoms with Crippen LogP contribution in [-0.2, 0) is 21.4 Å². The van der Waals surface area contributed by atoms with Gasteiger partial charge in [-0.3, -0.25) is 14.2 Å². The van der Waals surface area contributed by atoms with Gasteiger partial charge in [0.1, 0.15) is 5.75 Å². The number of methoxy groups -OCH3 is 1. The third-order valence-corrected chi connectivity index (χ3v) is 9.98. The lowest BCUT2D eigenvalue weighted by Crippen LogP contribution is -2.35. The summed E-state index contributed by atoms with van der Waals surface area (Å²) >= 11 is 1.21. The monoisotopic (exact) mass is 634 g/mol. The molecule has 0 bridgehead atoms. The topological polar surface area (TPSA) is 136 Å². The molecule has 0 saturated carbocycles. The van der Waals surface area contributed by atoms with E-state index < -0.39 is 15.9 Å². The molecule has 2 N–H and O–H groups in total. The van der Waals surface area contributed by atoms with E-state index in [9.17, 15) is 18.0 Å². The van der Waals surface area contributed by atoms with Crippen LogP contribution in [0, 0.1) is 6.92 Å². The van der Waals surface area contributed by atoms with Gasteiger partial charge < -0.3 is 15.4 Å². The van der Waals surface area contributed by atoms with Crippen LogP contribution in [0.2, 0.25) is 0 Å². The summed E-state index contributed by atoms with van der Waals surface area (Å²) in [4.78, 5) is 25.9. The van der Waals surface area contributed by atoms with Gasteiger partial charge in [0.15, 0.2) is 11.0 Å². The fourth-order valence-electron chi connectivity index (χ4n) is 4.91. The number of aromatic nitrogens is 3. The smallest absolute Gasteiger partial charge is 0.251 e. The van der Waals surface area contributed by atoms with Gasteiger partial charge in [0.2, 0.25) is 15.9 Å². The average Bonchev–Trinajstić information content (AvgIpc) is 3.45. The van der Waals surface area contributed by atoms with Gasteiger partial charge in [-0.15, -0.1) is 10.2 Å². The molecule has 1 fully saturated rings. The van der Waals surface area contributed by atoms with Crippen molar-refractivity contribution in [3.63, 3.8) is 0 Å². The number of piperidine rings is 1. The first kappa shape index (κ1) is 31.2. The van der Waals surface area contributed by atoms with E-state index in [4.69, 9.17) is 4.74 Å². The maximum atomic E-state index is 13.1. The van der Waals surface area contributed by atoms with Crippen LogP contribution in [0.1, 0.15) is 41.0 Å². The highest BCUT2D eigenvalue weighted by Crippen LogP contribution is 2.29. The highest BCUT2D eigenvalue weighted by Gasteiger charge is 2.26. The molecule has 0 aliphatic carbocycles. The minimum atomic E-state index is -3.59. The fraction of sp³-hybridized carbons (Fsp3) is 0.290. The minimum Gasteiger partial charge on any atom is -0.495 e. The van der Waals surface area contributed by atoms with Crippen LogP contribution in [0.5, 0.6) is 5.75 Å². The molecule has 2 heterocycles. The van der Waals surface area contributed by atoms with Gasteiger partial charge >= 0.3 is 0 Å². The molecule has 1 saturated heterocycles. The van der Waals surface area contributed by atoms with Crippen molar-refractivity contribution in [1.29, 1.82) is 0 Å². The molecule has 44 heavy (non-hydrogen) atoms. The number of anilines is 1. The Hall–Kier alpha value is -4.20. The summed E-state index contributed by atoms with van der Waals surface area (Å²) in [5, 5.41) is 14.8. The number of thioether (sulfide) groups is 1. The van der Waals surface area contributed by atoms with E-state index in [2.05, 4.69) is 20.8 Å². The molecule has 4 aromatic rings. The molecular weight excluding hydrogens is 601 g/mol. The molecule has 230 valence electrons. The standard InChI is InChI=1S/C31H34N6O5S2/c1-22-9-8-10-24(19-22)33-29(38)21-43-31-35-34-28(37(31)26-11-4-5-12-27(26)42-2)20-32-30(39)23-13-15-25(16-14-23)44(40,41)36-17-6-3-7-18-36/h4-5,8-16,19H,3,6-7,17-18,20-21H2,1-2H3,(H,32,39)(H,33,38). The van der Waals surface area contributed by atoms with Crippen molar-refractivity contribution in [2.45, 2.75) is 42.8 Å². The first-order valence-corrected chi connectivity index (χ1v) is 16.6. The van der Waals surface area contributed by atoms with Crippen molar-refractivity contribution in [3.8, 4) is 11.4 Å². The van der Waals surface area contributed by atoms with Crippen molar-refractivity contribution in [1.82, 2.24) is 24.4 Å². The Kier molecular flexibility index (Phi) is 9.98. The van der Waals surface area contributed by atoms with Gasteiger partial charge in [-0.05, 0) is 73.9 Å². The molecular formula is C31H34N6O5S2. The van der Waals surface area contributed by atoms with E-state index in [1.807, 2.05) is 49.4 Å². The molecule has 13 heteroatoms. The quantitative estimate of drug-likeness (QED) is 0.232. The Balaban J connectivity index is 1.30. The number of rotatable bonds is 11. The lowest BCUT2D eigenvalue weighted by atomic mass is 10.2. The van der Waals surface area contributed by atoms with Gasteiger partial charge in [0.25, 0.3) is 5.91 Å². The molecule has 0 spiro atoms. The van der Waals surface area contributed by atoms with E-state index in [-0.39, 0.29) is 23.1 Å². The number of hydrogen-bond donors (Lipinski definition) is 2. The minimum absolute atomic E-state index is 0.0216. The number of aryl methyl sites for hydroxylation is 1. The summed E-state index contributed by atoms with van der Waals surface area (Å²) in [6.07, 6.45) is 2.72. The van der Waals surface area contributed by atoms with Crippen molar-refractivity contribution >= 4 is 39.3 Å². The Labute approximate surface area is 261 Å². The number of sulfonamides is 1. The van der Waals surface area contributed by atoms with Crippen molar-refractivity contribution in [2.75, 3.05) is 31.3 Å². The number of ether oxygens (including phenoxy) is 1. The molecule has 5 rings (SSSR count). The van der Waals surface area contributed by atoms with E-state index in [1.54, 1.807) is 17.7 Å². The van der Waals surface area contributed by atoms with Crippen LogP contribution in [0.25, 0.3) is 5.69 Å². The number of carbonyl (C=O) groups is 2. The van der Waals surface area contributed by atoms with Gasteiger partial charge in [0.05, 0.1) is 30.0 Å². The van der Waals surface area contributed by atoms with E-state index in [1.165, 1.54) is 40.3 Å². The lowest BCUT2D eigenvalue weighted by molar-refractivity contribution is -0.113. The second-order valence-corrected chi connectivity index (χ2v) is 13.2. The lowest BCUT2D eigenvalue weighted by Gasteiger charge is -2.25. The third-order valence-electron chi connectivity index (χ3n) is 7.14. The maximum Gasteiger partial charge on any atom is 0.251 e. The molecule has 1 aliphatic heterocycles. The SMILES string of the molecule is COc1ccccc1-n1c(CNC(=O)c2ccc(S(=O)(=O)N3CCCCC3)cc2)nnc1SCC(=O)Nc1cccc(C)c1. The number of benzene rings is 3. The predicted molar refractivity (Wildman–Crippen MR) is 169 cm³/mol. The summed E-state index contributed by atoms with van der Waals surface area (Å²) < 4.78 is 34.8. The van der Waals surface area contributed by atoms with Crippen LogP contribution < -0.4 is 15.4 Å². The van der Waals surface area contributed by atoms with E-state index >= 15 is 0 Å². The second-order valence-electron chi connectivity index (χ2n) is 10.3. The first-order valence-electron chi connectivity index (χ1n) is 14.2. The van der Waals surface area contributed by atoms with Crippen molar-refractivity contribution < 1.29 is 22.7 Å². The zero-order chi connectivity index (χ0) is 31.1. The highest BCUT2D eigenvalue weighted by molar-refractivity contribution is 7.99. The highest BCUT2D eigenvalue weighted by atomic mass is 32.2. The number of para-hydroxylation sites is 2.